The number of nitrogens with zero attached hydrogens (tertiary/aromatic N) is 1. The third kappa shape index (κ3) is 3.64. The van der Waals surface area contributed by atoms with Gasteiger partial charge in [-0.1, -0.05) is 22.0 Å². The summed E-state index contributed by atoms with van der Waals surface area (Å²) in [7, 11) is 0. The molecule has 0 aromatic heterocycles. The number of nitriles is 1. The van der Waals surface area contributed by atoms with Crippen molar-refractivity contribution in [1.29, 1.82) is 5.26 Å². The average Bonchev–Trinajstić information content (AvgIpc) is 2.37. The number of rotatable bonds is 5. The second-order valence-corrected chi connectivity index (χ2v) is 3.88. The van der Waals surface area contributed by atoms with Crippen molar-refractivity contribution in [2.24, 2.45) is 0 Å². The van der Waals surface area contributed by atoms with Gasteiger partial charge in [-0.25, -0.2) is 4.79 Å². The van der Waals surface area contributed by atoms with Gasteiger partial charge < -0.3 is 9.47 Å². The van der Waals surface area contributed by atoms with Crippen molar-refractivity contribution in [3.8, 4) is 11.8 Å². The number of hydrogen-bond acceptors (Lipinski definition) is 4. The Labute approximate surface area is 117 Å². The topological polar surface area (TPSA) is 59.3 Å². The smallest absolute Gasteiger partial charge is 0.387 e. The van der Waals surface area contributed by atoms with Crippen molar-refractivity contribution in [1.82, 2.24) is 0 Å². The van der Waals surface area contributed by atoms with E-state index in [-0.39, 0.29) is 23.5 Å². The molecule has 0 aliphatic carbocycles. The minimum Gasteiger partial charge on any atom is -0.462 e. The summed E-state index contributed by atoms with van der Waals surface area (Å²) in [5.74, 6) is -1.23. The lowest BCUT2D eigenvalue weighted by Crippen LogP contribution is -2.13. The molecule has 0 aliphatic heterocycles. The van der Waals surface area contributed by atoms with Crippen molar-refractivity contribution in [2.75, 3.05) is 6.61 Å². The zero-order valence-electron chi connectivity index (χ0n) is 9.95. The Balaban J connectivity index is 3.40. The first-order chi connectivity index (χ1) is 9.04. The maximum Gasteiger partial charge on any atom is 0.387 e. The maximum atomic E-state index is 12.3. The minimum absolute atomic E-state index is 0.0338. The standard InChI is InChI=1S/C12H10BrF2NO3/c1-2-18-11(17)10-8(6-16)7(5-13)3-4-9(10)19-12(14)15/h3-4,12H,2,5H2,1H3. The molecule has 7 heteroatoms. The highest BCUT2D eigenvalue weighted by Gasteiger charge is 2.23. The molecule has 1 aromatic carbocycles. The van der Waals surface area contributed by atoms with Crippen LogP contribution in [0.1, 0.15) is 28.4 Å². The number of carbonyl (C=O) groups excluding carboxylic acids is 1. The number of halogens is 3. The van der Waals surface area contributed by atoms with E-state index < -0.39 is 12.6 Å². The van der Waals surface area contributed by atoms with Crippen LogP contribution in [0.3, 0.4) is 0 Å². The molecule has 0 saturated heterocycles. The molecule has 0 spiro atoms. The normalized spacial score (nSPS) is 10.1. The van der Waals surface area contributed by atoms with E-state index in [1.54, 1.807) is 6.92 Å². The molecular formula is C12H10BrF2NO3. The van der Waals surface area contributed by atoms with Crippen molar-refractivity contribution in [3.05, 3.63) is 28.8 Å². The second-order valence-electron chi connectivity index (χ2n) is 3.32. The third-order valence-corrected chi connectivity index (χ3v) is 2.81. The Bertz CT molecular complexity index is 514. The quantitative estimate of drug-likeness (QED) is 0.613. The molecule has 102 valence electrons. The summed E-state index contributed by atoms with van der Waals surface area (Å²) in [6.45, 7) is -1.45. The zero-order chi connectivity index (χ0) is 14.4. The first-order valence-electron chi connectivity index (χ1n) is 5.29. The van der Waals surface area contributed by atoms with Gasteiger partial charge >= 0.3 is 12.6 Å². The van der Waals surface area contributed by atoms with Crippen LogP contribution in [-0.2, 0) is 10.1 Å². The summed E-state index contributed by atoms with van der Waals surface area (Å²) < 4.78 is 33.6. The first-order valence-corrected chi connectivity index (χ1v) is 6.41. The van der Waals surface area contributed by atoms with E-state index >= 15 is 0 Å². The second kappa shape index (κ2) is 7.04. The Kier molecular flexibility index (Phi) is 5.70. The summed E-state index contributed by atoms with van der Waals surface area (Å²) in [6.07, 6.45) is 0. The highest BCUT2D eigenvalue weighted by molar-refractivity contribution is 9.08. The highest BCUT2D eigenvalue weighted by atomic mass is 79.9. The van der Waals surface area contributed by atoms with E-state index in [2.05, 4.69) is 20.7 Å². The minimum atomic E-state index is -3.09. The number of carbonyl (C=O) groups is 1. The van der Waals surface area contributed by atoms with E-state index in [0.29, 0.717) is 10.9 Å². The number of ether oxygens (including phenoxy) is 2. The lowest BCUT2D eigenvalue weighted by atomic mass is 10.0. The Morgan fingerprint density at radius 3 is 2.68 bits per heavy atom. The van der Waals surface area contributed by atoms with Gasteiger partial charge in [0.1, 0.15) is 17.4 Å². The molecule has 0 heterocycles. The molecule has 19 heavy (non-hydrogen) atoms. The van der Waals surface area contributed by atoms with Gasteiger partial charge in [-0.2, -0.15) is 14.0 Å². The predicted octanol–water partition coefficient (Wildman–Crippen LogP) is 3.23. The number of hydrogen-bond donors (Lipinski definition) is 0. The largest absolute Gasteiger partial charge is 0.462 e. The molecule has 0 N–H and O–H groups in total. The van der Waals surface area contributed by atoms with Crippen molar-refractivity contribution in [3.63, 3.8) is 0 Å². The lowest BCUT2D eigenvalue weighted by Gasteiger charge is -2.13. The van der Waals surface area contributed by atoms with Crippen LogP contribution in [0.5, 0.6) is 5.75 Å². The number of alkyl halides is 3. The molecule has 1 rings (SSSR count). The molecule has 0 amide bonds. The summed E-state index contributed by atoms with van der Waals surface area (Å²) >= 11 is 3.15. The van der Waals surface area contributed by atoms with Crippen LogP contribution in [0.4, 0.5) is 8.78 Å². The van der Waals surface area contributed by atoms with E-state index in [4.69, 9.17) is 10.00 Å². The molecule has 0 saturated carbocycles. The number of esters is 1. The zero-order valence-corrected chi connectivity index (χ0v) is 11.5. The van der Waals surface area contributed by atoms with Gasteiger partial charge in [0.25, 0.3) is 0 Å². The van der Waals surface area contributed by atoms with Gasteiger partial charge in [0.05, 0.1) is 12.2 Å². The van der Waals surface area contributed by atoms with E-state index in [0.717, 1.165) is 0 Å². The van der Waals surface area contributed by atoms with Gasteiger partial charge in [-0.3, -0.25) is 0 Å². The van der Waals surface area contributed by atoms with Crippen molar-refractivity contribution in [2.45, 2.75) is 18.9 Å². The predicted molar refractivity (Wildman–Crippen MR) is 66.4 cm³/mol. The van der Waals surface area contributed by atoms with Gasteiger partial charge in [0.15, 0.2) is 0 Å². The Morgan fingerprint density at radius 1 is 1.53 bits per heavy atom. The van der Waals surface area contributed by atoms with Gasteiger partial charge in [-0.15, -0.1) is 0 Å². The fourth-order valence-corrected chi connectivity index (χ4v) is 1.93. The fourth-order valence-electron chi connectivity index (χ4n) is 1.47. The van der Waals surface area contributed by atoms with Crippen molar-refractivity contribution < 1.29 is 23.0 Å². The first kappa shape index (κ1) is 15.4. The van der Waals surface area contributed by atoms with E-state index in [1.807, 2.05) is 6.07 Å². The molecule has 0 atom stereocenters. The molecule has 0 unspecified atom stereocenters. The van der Waals surface area contributed by atoms with E-state index in [9.17, 15) is 13.6 Å². The highest BCUT2D eigenvalue weighted by Crippen LogP contribution is 2.28. The lowest BCUT2D eigenvalue weighted by molar-refractivity contribution is -0.0504. The van der Waals surface area contributed by atoms with Crippen LogP contribution in [0.25, 0.3) is 0 Å². The van der Waals surface area contributed by atoms with Crippen LogP contribution in [0, 0.1) is 11.3 Å². The molecule has 0 aliphatic rings. The summed E-state index contributed by atoms with van der Waals surface area (Å²) in [5.41, 5.74) is 0.183. The van der Waals surface area contributed by atoms with Crippen LogP contribution >= 0.6 is 15.9 Å². The Hall–Kier alpha value is -1.68. The molecular weight excluding hydrogens is 324 g/mol. The molecule has 0 fully saturated rings. The monoisotopic (exact) mass is 333 g/mol. The Morgan fingerprint density at radius 2 is 2.21 bits per heavy atom. The molecule has 4 nitrogen and oxygen atoms in total. The summed E-state index contributed by atoms with van der Waals surface area (Å²) in [6, 6.07) is 4.47. The van der Waals surface area contributed by atoms with Crippen LogP contribution in [0.15, 0.2) is 12.1 Å². The van der Waals surface area contributed by atoms with Crippen LogP contribution in [-0.4, -0.2) is 19.2 Å². The number of benzene rings is 1. The SMILES string of the molecule is CCOC(=O)c1c(OC(F)F)ccc(CBr)c1C#N. The fraction of sp³-hybridized carbons (Fsp3) is 0.333. The van der Waals surface area contributed by atoms with Crippen LogP contribution in [0.2, 0.25) is 0 Å². The third-order valence-electron chi connectivity index (χ3n) is 2.20. The molecule has 0 bridgehead atoms. The van der Waals surface area contributed by atoms with Gasteiger partial charge in [0.2, 0.25) is 0 Å². The molecule has 1 aromatic rings. The average molecular weight is 334 g/mol. The van der Waals surface area contributed by atoms with Crippen LogP contribution < -0.4 is 4.74 Å². The maximum absolute atomic E-state index is 12.3. The molecule has 0 radical (unpaired) electrons. The van der Waals surface area contributed by atoms with Crippen molar-refractivity contribution >= 4 is 21.9 Å². The summed E-state index contributed by atoms with van der Waals surface area (Å²) in [5, 5.41) is 9.39. The van der Waals surface area contributed by atoms with Gasteiger partial charge in [0, 0.05) is 5.33 Å². The van der Waals surface area contributed by atoms with Gasteiger partial charge in [-0.05, 0) is 18.6 Å². The summed E-state index contributed by atoms with van der Waals surface area (Å²) in [4.78, 5) is 11.8. The van der Waals surface area contributed by atoms with E-state index in [1.165, 1.54) is 12.1 Å².